The molecule has 102 valence electrons. The predicted octanol–water partition coefficient (Wildman–Crippen LogP) is 4.02. The molecule has 0 saturated carbocycles. The Morgan fingerprint density at radius 1 is 1.42 bits per heavy atom. The Morgan fingerprint density at radius 2 is 2.11 bits per heavy atom. The Morgan fingerprint density at radius 3 is 2.74 bits per heavy atom. The first-order chi connectivity index (χ1) is 8.78. The molecule has 0 atom stereocenters. The van der Waals surface area contributed by atoms with E-state index in [2.05, 4.69) is 42.0 Å². The maximum absolute atomic E-state index is 12.2. The largest absolute Gasteiger partial charge is 0.397 e. The monoisotopic (exact) mass is 340 g/mol. The minimum atomic E-state index is -0.0928. The predicted molar refractivity (Wildman–Crippen MR) is 85.7 cm³/mol. The van der Waals surface area contributed by atoms with Gasteiger partial charge in [-0.15, -0.1) is 11.3 Å². The number of benzene rings is 1. The number of nitrogen functional groups attached to an aromatic ring is 1. The maximum Gasteiger partial charge on any atom is 0.263 e. The second kappa shape index (κ2) is 5.13. The van der Waals surface area contributed by atoms with E-state index < -0.39 is 0 Å². The van der Waals surface area contributed by atoms with Gasteiger partial charge in [-0.1, -0.05) is 36.7 Å². The van der Waals surface area contributed by atoms with Crippen molar-refractivity contribution in [1.82, 2.24) is 5.32 Å². The van der Waals surface area contributed by atoms with Crippen LogP contribution >= 0.6 is 27.3 Å². The van der Waals surface area contributed by atoms with Crippen molar-refractivity contribution >= 4 is 48.9 Å². The highest BCUT2D eigenvalue weighted by molar-refractivity contribution is 9.10. The number of thiophene rings is 1. The van der Waals surface area contributed by atoms with Crippen LogP contribution < -0.4 is 11.1 Å². The third-order valence-corrected chi connectivity index (χ3v) is 4.35. The number of rotatable bonds is 2. The van der Waals surface area contributed by atoms with Crippen LogP contribution in [0.5, 0.6) is 0 Å². The maximum atomic E-state index is 12.2. The lowest BCUT2D eigenvalue weighted by molar-refractivity contribution is 0.0944. The fourth-order valence-electron chi connectivity index (χ4n) is 1.68. The first-order valence-corrected chi connectivity index (χ1v) is 7.64. The Bertz CT molecular complexity index is 628. The molecule has 1 heterocycles. The van der Waals surface area contributed by atoms with Gasteiger partial charge < -0.3 is 11.1 Å². The molecule has 2 aromatic rings. The number of amides is 1. The lowest BCUT2D eigenvalue weighted by Gasteiger charge is -2.18. The number of carbonyl (C=O) groups excluding carboxylic acids is 1. The first-order valence-electron chi connectivity index (χ1n) is 6.04. The van der Waals surface area contributed by atoms with E-state index in [0.717, 1.165) is 14.6 Å². The van der Waals surface area contributed by atoms with E-state index in [1.54, 1.807) is 0 Å². The summed E-state index contributed by atoms with van der Waals surface area (Å²) in [7, 11) is 0. The summed E-state index contributed by atoms with van der Waals surface area (Å²) in [5.41, 5.74) is 6.70. The fourth-order valence-corrected chi connectivity index (χ4v) is 3.06. The van der Waals surface area contributed by atoms with E-state index in [1.165, 1.54) is 11.3 Å². The Kier molecular flexibility index (Phi) is 3.87. The van der Waals surface area contributed by atoms with Crippen LogP contribution in [0.4, 0.5) is 5.69 Å². The molecule has 1 aromatic heterocycles. The van der Waals surface area contributed by atoms with Crippen molar-refractivity contribution in [3.63, 3.8) is 0 Å². The van der Waals surface area contributed by atoms with Gasteiger partial charge in [0.15, 0.2) is 0 Å². The highest BCUT2D eigenvalue weighted by Crippen LogP contribution is 2.35. The van der Waals surface area contributed by atoms with Gasteiger partial charge in [-0.05, 0) is 23.6 Å². The quantitative estimate of drug-likeness (QED) is 0.867. The summed E-state index contributed by atoms with van der Waals surface area (Å²) >= 11 is 4.85. The Labute approximate surface area is 125 Å². The van der Waals surface area contributed by atoms with Gasteiger partial charge in [0, 0.05) is 21.1 Å². The van der Waals surface area contributed by atoms with Crippen molar-refractivity contribution in [3.05, 3.63) is 27.5 Å². The van der Waals surface area contributed by atoms with Crippen molar-refractivity contribution in [3.8, 4) is 0 Å². The minimum Gasteiger partial charge on any atom is -0.397 e. The summed E-state index contributed by atoms with van der Waals surface area (Å²) < 4.78 is 1.99. The van der Waals surface area contributed by atoms with Crippen molar-refractivity contribution in [2.45, 2.75) is 20.8 Å². The van der Waals surface area contributed by atoms with E-state index in [1.807, 2.05) is 18.2 Å². The van der Waals surface area contributed by atoms with Crippen LogP contribution in [0.3, 0.4) is 0 Å². The third kappa shape index (κ3) is 3.28. The summed E-state index contributed by atoms with van der Waals surface area (Å²) in [6.45, 7) is 6.87. The lowest BCUT2D eigenvalue weighted by Crippen LogP contribution is -2.32. The zero-order chi connectivity index (χ0) is 14.2. The normalized spacial score (nSPS) is 11.8. The van der Waals surface area contributed by atoms with Gasteiger partial charge in [0.2, 0.25) is 0 Å². The number of fused-ring (bicyclic) bond motifs is 1. The second-order valence-corrected chi connectivity index (χ2v) is 7.70. The highest BCUT2D eigenvalue weighted by atomic mass is 79.9. The smallest absolute Gasteiger partial charge is 0.263 e. The number of hydrogen-bond donors (Lipinski definition) is 2. The standard InChI is InChI=1S/C14H17BrN2OS/c1-14(2,3)7-17-13(18)12-11(16)9-6-8(15)4-5-10(9)19-12/h4-6H,7,16H2,1-3H3,(H,17,18). The van der Waals surface area contributed by atoms with Crippen molar-refractivity contribution in [2.24, 2.45) is 5.41 Å². The second-order valence-electron chi connectivity index (χ2n) is 5.73. The van der Waals surface area contributed by atoms with Crippen molar-refractivity contribution in [1.29, 1.82) is 0 Å². The van der Waals surface area contributed by atoms with Gasteiger partial charge >= 0.3 is 0 Å². The first kappa shape index (κ1) is 14.3. The van der Waals surface area contributed by atoms with E-state index in [0.29, 0.717) is 17.1 Å². The van der Waals surface area contributed by atoms with Crippen LogP contribution in [-0.2, 0) is 0 Å². The molecule has 0 bridgehead atoms. The van der Waals surface area contributed by atoms with E-state index >= 15 is 0 Å². The zero-order valence-electron chi connectivity index (χ0n) is 11.2. The van der Waals surface area contributed by atoms with Crippen LogP contribution in [0.15, 0.2) is 22.7 Å². The van der Waals surface area contributed by atoms with Gasteiger partial charge in [0.1, 0.15) is 4.88 Å². The van der Waals surface area contributed by atoms with Crippen molar-refractivity contribution < 1.29 is 4.79 Å². The molecular formula is C14H17BrN2OS. The molecule has 3 N–H and O–H groups in total. The molecule has 0 aliphatic rings. The highest BCUT2D eigenvalue weighted by Gasteiger charge is 2.18. The fraction of sp³-hybridized carbons (Fsp3) is 0.357. The molecule has 0 radical (unpaired) electrons. The number of halogens is 1. The molecular weight excluding hydrogens is 324 g/mol. The van der Waals surface area contributed by atoms with Crippen LogP contribution in [0.1, 0.15) is 30.4 Å². The summed E-state index contributed by atoms with van der Waals surface area (Å²) in [6, 6.07) is 5.87. The van der Waals surface area contributed by atoms with Crippen LogP contribution in [0.25, 0.3) is 10.1 Å². The van der Waals surface area contributed by atoms with Crippen LogP contribution in [0, 0.1) is 5.41 Å². The van der Waals surface area contributed by atoms with Gasteiger partial charge in [-0.2, -0.15) is 0 Å². The molecule has 19 heavy (non-hydrogen) atoms. The minimum absolute atomic E-state index is 0.0597. The molecule has 0 aliphatic carbocycles. The van der Waals surface area contributed by atoms with Crippen LogP contribution in [0.2, 0.25) is 0 Å². The van der Waals surface area contributed by atoms with Crippen LogP contribution in [-0.4, -0.2) is 12.5 Å². The summed E-state index contributed by atoms with van der Waals surface area (Å²) in [4.78, 5) is 12.8. The molecule has 0 fully saturated rings. The lowest BCUT2D eigenvalue weighted by atomic mass is 9.97. The number of hydrogen-bond acceptors (Lipinski definition) is 3. The molecule has 0 aliphatic heterocycles. The molecule has 5 heteroatoms. The number of nitrogens with two attached hydrogens (primary N) is 1. The molecule has 2 rings (SSSR count). The summed E-state index contributed by atoms with van der Waals surface area (Å²) in [5.74, 6) is -0.0928. The topological polar surface area (TPSA) is 55.1 Å². The number of carbonyl (C=O) groups is 1. The van der Waals surface area contributed by atoms with E-state index in [4.69, 9.17) is 5.73 Å². The Hall–Kier alpha value is -1.07. The van der Waals surface area contributed by atoms with E-state index in [9.17, 15) is 4.79 Å². The SMILES string of the molecule is CC(C)(C)CNC(=O)c1sc2ccc(Br)cc2c1N. The average Bonchev–Trinajstić information content (AvgIpc) is 2.63. The molecule has 3 nitrogen and oxygen atoms in total. The molecule has 1 amide bonds. The van der Waals surface area contributed by atoms with Gasteiger partial charge in [-0.3, -0.25) is 4.79 Å². The van der Waals surface area contributed by atoms with Crippen molar-refractivity contribution in [2.75, 3.05) is 12.3 Å². The molecule has 0 saturated heterocycles. The average molecular weight is 341 g/mol. The summed E-state index contributed by atoms with van der Waals surface area (Å²) in [6.07, 6.45) is 0. The molecule has 1 aromatic carbocycles. The zero-order valence-corrected chi connectivity index (χ0v) is 13.6. The van der Waals surface area contributed by atoms with Gasteiger partial charge in [-0.25, -0.2) is 0 Å². The number of anilines is 1. The summed E-state index contributed by atoms with van der Waals surface area (Å²) in [5, 5.41) is 3.87. The van der Waals surface area contributed by atoms with Gasteiger partial charge in [0.05, 0.1) is 5.69 Å². The molecule has 0 spiro atoms. The molecule has 0 unspecified atom stereocenters. The van der Waals surface area contributed by atoms with E-state index in [-0.39, 0.29) is 11.3 Å². The number of nitrogens with one attached hydrogen (secondary N) is 1. The Balaban J connectivity index is 2.30. The van der Waals surface area contributed by atoms with Gasteiger partial charge in [0.25, 0.3) is 5.91 Å². The third-order valence-electron chi connectivity index (χ3n) is 2.67.